The highest BCUT2D eigenvalue weighted by atomic mass is 79.9. The average Bonchev–Trinajstić information content (AvgIpc) is 2.88. The highest BCUT2D eigenvalue weighted by molar-refractivity contribution is 9.10. The van der Waals surface area contributed by atoms with Crippen LogP contribution in [0.5, 0.6) is 5.75 Å². The number of fused-ring (bicyclic) bond motifs is 1. The van der Waals surface area contributed by atoms with Crippen LogP contribution in [0.3, 0.4) is 0 Å². The first-order valence-electron chi connectivity index (χ1n) is 6.44. The van der Waals surface area contributed by atoms with Gasteiger partial charge in [-0.05, 0) is 35.9 Å². The first kappa shape index (κ1) is 13.8. The molecule has 0 aliphatic rings. The molecule has 3 rings (SSSR count). The maximum absolute atomic E-state index is 11.2. The maximum atomic E-state index is 11.2. The first-order valence-corrected chi connectivity index (χ1v) is 7.23. The lowest BCUT2D eigenvalue weighted by Gasteiger charge is -2.09. The summed E-state index contributed by atoms with van der Waals surface area (Å²) in [5.74, 6) is 0.799. The van der Waals surface area contributed by atoms with E-state index in [4.69, 9.17) is 4.74 Å². The molecule has 0 atom stereocenters. The van der Waals surface area contributed by atoms with Crippen molar-refractivity contribution in [3.8, 4) is 5.75 Å². The Morgan fingerprint density at radius 2 is 2.24 bits per heavy atom. The van der Waals surface area contributed by atoms with Crippen molar-refractivity contribution in [2.24, 2.45) is 0 Å². The molecule has 5 heteroatoms. The second-order valence-electron chi connectivity index (χ2n) is 4.66. The third-order valence-corrected chi connectivity index (χ3v) is 4.16. The molecule has 0 amide bonds. The normalized spacial score (nSPS) is 10.8. The number of halogens is 1. The Hall–Kier alpha value is -2.14. The summed E-state index contributed by atoms with van der Waals surface area (Å²) in [6.07, 6.45) is 4.42. The summed E-state index contributed by atoms with van der Waals surface area (Å²) in [6, 6.07) is 9.56. The zero-order valence-corrected chi connectivity index (χ0v) is 13.0. The predicted octanol–water partition coefficient (Wildman–Crippen LogP) is 3.67. The van der Waals surface area contributed by atoms with E-state index in [-0.39, 0.29) is 0 Å². The van der Waals surface area contributed by atoms with E-state index in [2.05, 4.69) is 20.9 Å². The molecule has 0 N–H and O–H groups in total. The summed E-state index contributed by atoms with van der Waals surface area (Å²) >= 11 is 3.55. The number of carbonyl (C=O) groups is 1. The van der Waals surface area contributed by atoms with E-state index in [1.165, 1.54) is 0 Å². The summed E-state index contributed by atoms with van der Waals surface area (Å²) in [4.78, 5) is 15.6. The van der Waals surface area contributed by atoms with Crippen LogP contribution in [0.15, 0.2) is 47.2 Å². The van der Waals surface area contributed by atoms with Crippen molar-refractivity contribution in [2.75, 3.05) is 7.11 Å². The number of aldehydes is 1. The number of aromatic nitrogens is 2. The number of hydrogen-bond donors (Lipinski definition) is 0. The fourth-order valence-electron chi connectivity index (χ4n) is 2.35. The molecule has 2 aromatic heterocycles. The van der Waals surface area contributed by atoms with Crippen LogP contribution in [0.25, 0.3) is 11.0 Å². The largest absolute Gasteiger partial charge is 0.497 e. The summed E-state index contributed by atoms with van der Waals surface area (Å²) in [5.41, 5.74) is 2.51. The number of hydrogen-bond acceptors (Lipinski definition) is 3. The summed E-state index contributed by atoms with van der Waals surface area (Å²) in [6.45, 7) is 0.610. The minimum atomic E-state index is 0.610. The molecule has 0 unspecified atom stereocenters. The van der Waals surface area contributed by atoms with Crippen molar-refractivity contribution in [2.45, 2.75) is 6.54 Å². The monoisotopic (exact) mass is 344 g/mol. The molecule has 1 aromatic carbocycles. The zero-order chi connectivity index (χ0) is 14.8. The molecule has 21 heavy (non-hydrogen) atoms. The highest BCUT2D eigenvalue weighted by Gasteiger charge is 2.10. The van der Waals surface area contributed by atoms with E-state index in [1.54, 1.807) is 13.3 Å². The number of carbonyl (C=O) groups excluding carboxylic acids is 1. The number of methoxy groups -OCH3 is 1. The lowest BCUT2D eigenvalue weighted by molar-refractivity contribution is 0.112. The Labute approximate surface area is 130 Å². The highest BCUT2D eigenvalue weighted by Crippen LogP contribution is 2.25. The van der Waals surface area contributed by atoms with E-state index in [0.717, 1.165) is 33.1 Å². The van der Waals surface area contributed by atoms with Crippen LogP contribution < -0.4 is 4.74 Å². The summed E-state index contributed by atoms with van der Waals surface area (Å²) in [7, 11) is 1.64. The molecule has 0 spiro atoms. The van der Waals surface area contributed by atoms with Gasteiger partial charge in [0.15, 0.2) is 6.29 Å². The standard InChI is InChI=1S/C16H13BrN2O2/c1-21-13-4-5-15(17)11(7-13)8-19-9-12(10-20)14-3-2-6-18-16(14)19/h2-7,9-10H,8H2,1H3. The molecular weight excluding hydrogens is 332 g/mol. The van der Waals surface area contributed by atoms with Gasteiger partial charge in [-0.1, -0.05) is 15.9 Å². The quantitative estimate of drug-likeness (QED) is 0.678. The van der Waals surface area contributed by atoms with Crippen LogP contribution in [0, 0.1) is 0 Å². The van der Waals surface area contributed by atoms with Crippen molar-refractivity contribution in [3.63, 3.8) is 0 Å². The molecule has 0 fully saturated rings. The van der Waals surface area contributed by atoms with Gasteiger partial charge in [-0.25, -0.2) is 4.98 Å². The number of benzene rings is 1. The van der Waals surface area contributed by atoms with E-state index in [0.29, 0.717) is 12.1 Å². The van der Waals surface area contributed by atoms with E-state index < -0.39 is 0 Å². The fraction of sp³-hybridized carbons (Fsp3) is 0.125. The van der Waals surface area contributed by atoms with Crippen molar-refractivity contribution in [3.05, 3.63) is 58.3 Å². The SMILES string of the molecule is COc1ccc(Br)c(Cn2cc(C=O)c3cccnc32)c1. The molecule has 3 aromatic rings. The van der Waals surface area contributed by atoms with Crippen LogP contribution >= 0.6 is 15.9 Å². The Morgan fingerprint density at radius 1 is 1.38 bits per heavy atom. The van der Waals surface area contributed by atoms with Gasteiger partial charge < -0.3 is 9.30 Å². The third kappa shape index (κ3) is 2.56. The van der Waals surface area contributed by atoms with Gasteiger partial charge in [-0.2, -0.15) is 0 Å². The molecule has 106 valence electrons. The second kappa shape index (κ2) is 5.69. The molecule has 2 heterocycles. The topological polar surface area (TPSA) is 44.1 Å². The van der Waals surface area contributed by atoms with Crippen molar-refractivity contribution >= 4 is 33.2 Å². The van der Waals surface area contributed by atoms with Crippen molar-refractivity contribution in [1.82, 2.24) is 9.55 Å². The smallest absolute Gasteiger partial charge is 0.152 e. The van der Waals surface area contributed by atoms with Crippen LogP contribution in [-0.2, 0) is 6.54 Å². The molecule has 0 saturated carbocycles. The van der Waals surface area contributed by atoms with Crippen LogP contribution in [0.2, 0.25) is 0 Å². The molecule has 0 radical (unpaired) electrons. The average molecular weight is 345 g/mol. The van der Waals surface area contributed by atoms with Gasteiger partial charge >= 0.3 is 0 Å². The Bertz CT molecular complexity index is 811. The summed E-state index contributed by atoms with van der Waals surface area (Å²) in [5, 5.41) is 0.867. The minimum absolute atomic E-state index is 0.610. The minimum Gasteiger partial charge on any atom is -0.497 e. The molecule has 0 aliphatic heterocycles. The lowest BCUT2D eigenvalue weighted by atomic mass is 10.2. The van der Waals surface area contributed by atoms with Gasteiger partial charge in [-0.3, -0.25) is 4.79 Å². The molecule has 4 nitrogen and oxygen atoms in total. The number of pyridine rings is 1. The van der Waals surface area contributed by atoms with Gasteiger partial charge in [0.2, 0.25) is 0 Å². The summed E-state index contributed by atoms with van der Waals surface area (Å²) < 4.78 is 8.22. The Kier molecular flexibility index (Phi) is 3.75. The molecule has 0 bridgehead atoms. The van der Waals surface area contributed by atoms with Gasteiger partial charge in [0.05, 0.1) is 13.7 Å². The predicted molar refractivity (Wildman–Crippen MR) is 84.9 cm³/mol. The number of nitrogens with zero attached hydrogens (tertiary/aromatic N) is 2. The van der Waals surface area contributed by atoms with E-state index in [1.807, 2.05) is 41.1 Å². The first-order chi connectivity index (χ1) is 10.2. The zero-order valence-electron chi connectivity index (χ0n) is 11.4. The fourth-order valence-corrected chi connectivity index (χ4v) is 2.72. The van der Waals surface area contributed by atoms with Gasteiger partial charge in [0.1, 0.15) is 11.4 Å². The van der Waals surface area contributed by atoms with E-state index in [9.17, 15) is 4.79 Å². The van der Waals surface area contributed by atoms with Crippen molar-refractivity contribution in [1.29, 1.82) is 0 Å². The molecule has 0 aliphatic carbocycles. The van der Waals surface area contributed by atoms with Gasteiger partial charge in [-0.15, -0.1) is 0 Å². The second-order valence-corrected chi connectivity index (χ2v) is 5.52. The van der Waals surface area contributed by atoms with Gasteiger partial charge in [0, 0.05) is 27.8 Å². The van der Waals surface area contributed by atoms with Crippen LogP contribution in [-0.4, -0.2) is 22.9 Å². The third-order valence-electron chi connectivity index (χ3n) is 3.39. The van der Waals surface area contributed by atoms with Gasteiger partial charge in [0.25, 0.3) is 0 Å². The van der Waals surface area contributed by atoms with E-state index >= 15 is 0 Å². The Morgan fingerprint density at radius 3 is 3.00 bits per heavy atom. The molecular formula is C16H13BrN2O2. The Balaban J connectivity index is 2.08. The van der Waals surface area contributed by atoms with Crippen molar-refractivity contribution < 1.29 is 9.53 Å². The molecule has 0 saturated heterocycles. The lowest BCUT2D eigenvalue weighted by Crippen LogP contribution is -2.00. The maximum Gasteiger partial charge on any atom is 0.152 e. The van der Waals surface area contributed by atoms with Crippen LogP contribution in [0.1, 0.15) is 15.9 Å². The van der Waals surface area contributed by atoms with Crippen LogP contribution in [0.4, 0.5) is 0 Å². The number of rotatable bonds is 4. The number of ether oxygens (including phenoxy) is 1.